The lowest BCUT2D eigenvalue weighted by Crippen LogP contribution is -2.28. The number of hydrogen-bond donors (Lipinski definition) is 1. The van der Waals surface area contributed by atoms with Gasteiger partial charge in [-0.15, -0.1) is 0 Å². The number of nitrogens with zero attached hydrogens (tertiary/aromatic N) is 3. The van der Waals surface area contributed by atoms with Gasteiger partial charge in [-0.25, -0.2) is 0 Å². The Morgan fingerprint density at radius 3 is 2.88 bits per heavy atom. The van der Waals surface area contributed by atoms with Crippen LogP contribution in [0.1, 0.15) is 5.56 Å². The molecule has 0 aromatic heterocycles. The van der Waals surface area contributed by atoms with Gasteiger partial charge in [-0.2, -0.15) is 0 Å². The van der Waals surface area contributed by atoms with Crippen LogP contribution < -0.4 is 5.32 Å². The van der Waals surface area contributed by atoms with Gasteiger partial charge in [0.2, 0.25) is 5.91 Å². The van der Waals surface area contributed by atoms with Crippen LogP contribution >= 0.6 is 0 Å². The minimum atomic E-state index is -0.300. The van der Waals surface area contributed by atoms with Crippen molar-refractivity contribution in [1.29, 1.82) is 0 Å². The molecule has 0 atom stereocenters. The molecule has 0 spiro atoms. The molecule has 0 bridgehead atoms. The highest BCUT2D eigenvalue weighted by molar-refractivity contribution is 5.78. The van der Waals surface area contributed by atoms with Gasteiger partial charge in [-0.05, 0) is 11.1 Å². The van der Waals surface area contributed by atoms with Crippen molar-refractivity contribution >= 4 is 5.91 Å². The van der Waals surface area contributed by atoms with Crippen molar-refractivity contribution in [3.63, 3.8) is 0 Å². The zero-order chi connectivity index (χ0) is 12.3. The number of azide groups is 1. The van der Waals surface area contributed by atoms with Gasteiger partial charge in [0.1, 0.15) is 6.54 Å². The molecule has 0 aliphatic rings. The summed E-state index contributed by atoms with van der Waals surface area (Å²) in [5.41, 5.74) is 9.10. The van der Waals surface area contributed by atoms with Gasteiger partial charge in [0.05, 0.1) is 13.2 Å². The average Bonchev–Trinajstić information content (AvgIpc) is 2.37. The Bertz CT molecular complexity index is 388. The molecule has 0 heterocycles. The summed E-state index contributed by atoms with van der Waals surface area (Å²) >= 11 is 0. The van der Waals surface area contributed by atoms with Gasteiger partial charge in [0.15, 0.2) is 0 Å². The standard InChI is InChI=1S/C11H14N4O2/c12-15-14-8-11(16)13-6-7-17-9-10-4-2-1-3-5-10/h1-5H,6-9H2,(H,13,16). The maximum atomic E-state index is 11.0. The molecular weight excluding hydrogens is 220 g/mol. The Kier molecular flexibility index (Phi) is 6.25. The fourth-order valence-corrected chi connectivity index (χ4v) is 1.18. The van der Waals surface area contributed by atoms with Gasteiger partial charge >= 0.3 is 0 Å². The summed E-state index contributed by atoms with van der Waals surface area (Å²) in [6, 6.07) is 9.78. The van der Waals surface area contributed by atoms with E-state index in [1.165, 1.54) is 0 Å². The van der Waals surface area contributed by atoms with Gasteiger partial charge in [0.25, 0.3) is 0 Å². The number of nitrogens with one attached hydrogen (secondary N) is 1. The van der Waals surface area contributed by atoms with Gasteiger partial charge < -0.3 is 10.1 Å². The second-order valence-corrected chi connectivity index (χ2v) is 3.28. The molecule has 0 saturated carbocycles. The van der Waals surface area contributed by atoms with Crippen molar-refractivity contribution in [2.75, 3.05) is 19.7 Å². The molecule has 17 heavy (non-hydrogen) atoms. The average molecular weight is 234 g/mol. The Hall–Kier alpha value is -2.04. The summed E-state index contributed by atoms with van der Waals surface area (Å²) in [4.78, 5) is 13.5. The largest absolute Gasteiger partial charge is 0.375 e. The lowest BCUT2D eigenvalue weighted by atomic mass is 10.2. The van der Waals surface area contributed by atoms with Gasteiger partial charge in [-0.1, -0.05) is 35.4 Å². The number of carbonyl (C=O) groups excluding carboxylic acids is 1. The van der Waals surface area contributed by atoms with Crippen molar-refractivity contribution in [1.82, 2.24) is 5.32 Å². The molecule has 0 radical (unpaired) electrons. The Balaban J connectivity index is 2.05. The van der Waals surface area contributed by atoms with E-state index < -0.39 is 0 Å². The summed E-state index contributed by atoms with van der Waals surface area (Å²) in [5, 5.41) is 5.72. The maximum absolute atomic E-state index is 11.0. The van der Waals surface area contributed by atoms with Crippen LogP contribution in [0.15, 0.2) is 35.4 Å². The molecule has 1 aromatic carbocycles. The number of ether oxygens (including phenoxy) is 1. The van der Waals surface area contributed by atoms with E-state index in [2.05, 4.69) is 15.3 Å². The quantitative estimate of drug-likeness (QED) is 0.336. The summed E-state index contributed by atoms with van der Waals surface area (Å²) in [5.74, 6) is -0.300. The molecule has 1 rings (SSSR count). The lowest BCUT2D eigenvalue weighted by Gasteiger charge is -2.05. The van der Waals surface area contributed by atoms with E-state index in [0.29, 0.717) is 19.8 Å². The van der Waals surface area contributed by atoms with Crippen LogP contribution in [0.25, 0.3) is 10.4 Å². The Morgan fingerprint density at radius 1 is 1.41 bits per heavy atom. The summed E-state index contributed by atoms with van der Waals surface area (Å²) in [6.45, 7) is 1.19. The number of carbonyl (C=O) groups is 1. The van der Waals surface area contributed by atoms with Crippen molar-refractivity contribution in [2.24, 2.45) is 5.11 Å². The molecular formula is C11H14N4O2. The first-order valence-electron chi connectivity index (χ1n) is 5.22. The first-order valence-corrected chi connectivity index (χ1v) is 5.22. The molecule has 0 unspecified atom stereocenters. The van der Waals surface area contributed by atoms with Crippen LogP contribution in [0.4, 0.5) is 0 Å². The van der Waals surface area contributed by atoms with Crippen LogP contribution in [0.5, 0.6) is 0 Å². The third-order valence-corrected chi connectivity index (χ3v) is 1.96. The van der Waals surface area contributed by atoms with Crippen LogP contribution in [-0.2, 0) is 16.1 Å². The monoisotopic (exact) mass is 234 g/mol. The highest BCUT2D eigenvalue weighted by Gasteiger charge is 1.97. The van der Waals surface area contributed by atoms with Gasteiger partial charge in [0, 0.05) is 11.5 Å². The zero-order valence-corrected chi connectivity index (χ0v) is 9.37. The molecule has 90 valence electrons. The van der Waals surface area contributed by atoms with Crippen molar-refractivity contribution in [3.05, 3.63) is 46.3 Å². The molecule has 0 saturated heterocycles. The van der Waals surface area contributed by atoms with E-state index in [0.717, 1.165) is 5.56 Å². The van der Waals surface area contributed by atoms with E-state index in [9.17, 15) is 4.79 Å². The Morgan fingerprint density at radius 2 is 2.18 bits per heavy atom. The van der Waals surface area contributed by atoms with Gasteiger partial charge in [-0.3, -0.25) is 4.79 Å². The SMILES string of the molecule is [N-]=[N+]=NCC(=O)NCCOCc1ccccc1. The second-order valence-electron chi connectivity index (χ2n) is 3.28. The van der Waals surface area contributed by atoms with Crippen LogP contribution in [0.2, 0.25) is 0 Å². The fourth-order valence-electron chi connectivity index (χ4n) is 1.18. The molecule has 6 nitrogen and oxygen atoms in total. The normalized spacial score (nSPS) is 9.41. The first kappa shape index (κ1) is 13.0. The summed E-state index contributed by atoms with van der Waals surface area (Å²) < 4.78 is 5.36. The van der Waals surface area contributed by atoms with Crippen molar-refractivity contribution < 1.29 is 9.53 Å². The van der Waals surface area contributed by atoms with E-state index in [-0.39, 0.29) is 12.5 Å². The number of amides is 1. The minimum Gasteiger partial charge on any atom is -0.375 e. The van der Waals surface area contributed by atoms with Crippen LogP contribution in [0.3, 0.4) is 0 Å². The molecule has 6 heteroatoms. The van der Waals surface area contributed by atoms with Crippen molar-refractivity contribution in [2.45, 2.75) is 6.61 Å². The number of benzene rings is 1. The van der Waals surface area contributed by atoms with E-state index >= 15 is 0 Å². The number of hydrogen-bond acceptors (Lipinski definition) is 3. The molecule has 0 aliphatic carbocycles. The van der Waals surface area contributed by atoms with Crippen molar-refractivity contribution in [3.8, 4) is 0 Å². The third kappa shape index (κ3) is 6.19. The third-order valence-electron chi connectivity index (χ3n) is 1.96. The van der Waals surface area contributed by atoms with Crippen LogP contribution in [-0.4, -0.2) is 25.6 Å². The zero-order valence-electron chi connectivity index (χ0n) is 9.37. The van der Waals surface area contributed by atoms with E-state index in [4.69, 9.17) is 10.3 Å². The topological polar surface area (TPSA) is 87.1 Å². The predicted molar refractivity (Wildman–Crippen MR) is 63.1 cm³/mol. The lowest BCUT2D eigenvalue weighted by molar-refractivity contribution is -0.119. The highest BCUT2D eigenvalue weighted by atomic mass is 16.5. The molecule has 1 aromatic rings. The summed E-state index contributed by atoms with van der Waals surface area (Å²) in [7, 11) is 0. The molecule has 1 N–H and O–H groups in total. The second kappa shape index (κ2) is 8.15. The first-order chi connectivity index (χ1) is 8.33. The van der Waals surface area contributed by atoms with Crippen LogP contribution in [0, 0.1) is 0 Å². The van der Waals surface area contributed by atoms with E-state index in [1.807, 2.05) is 30.3 Å². The predicted octanol–water partition coefficient (Wildman–Crippen LogP) is 1.63. The summed E-state index contributed by atoms with van der Waals surface area (Å²) in [6.07, 6.45) is 0. The highest BCUT2D eigenvalue weighted by Crippen LogP contribution is 1.99. The maximum Gasteiger partial charge on any atom is 0.225 e. The fraction of sp³-hybridized carbons (Fsp3) is 0.364. The molecule has 1 amide bonds. The molecule has 0 fully saturated rings. The smallest absolute Gasteiger partial charge is 0.225 e. The Labute approximate surface area is 99.2 Å². The number of rotatable bonds is 7. The molecule has 0 aliphatic heterocycles. The minimum absolute atomic E-state index is 0.171. The van der Waals surface area contributed by atoms with E-state index in [1.54, 1.807) is 0 Å².